The van der Waals surface area contributed by atoms with Gasteiger partial charge in [-0.2, -0.15) is 5.10 Å². The maximum Gasteiger partial charge on any atom is 0.410 e. The summed E-state index contributed by atoms with van der Waals surface area (Å²) in [6.07, 6.45) is 5.52. The monoisotopic (exact) mass is 321 g/mol. The van der Waals surface area contributed by atoms with Crippen LogP contribution in [0.1, 0.15) is 63.4 Å². The average Bonchev–Trinajstić information content (AvgIpc) is 2.72. The third-order valence-corrected chi connectivity index (χ3v) is 4.03. The molecule has 1 aromatic heterocycles. The molecule has 0 radical (unpaired) electrons. The van der Waals surface area contributed by atoms with E-state index in [1.807, 2.05) is 20.8 Å². The second-order valence-corrected chi connectivity index (χ2v) is 7.14. The smallest absolute Gasteiger partial charge is 0.410 e. The van der Waals surface area contributed by atoms with Gasteiger partial charge in [0.15, 0.2) is 5.78 Å². The van der Waals surface area contributed by atoms with Crippen LogP contribution in [0.2, 0.25) is 0 Å². The highest BCUT2D eigenvalue weighted by molar-refractivity contribution is 5.95. The van der Waals surface area contributed by atoms with Crippen molar-refractivity contribution in [1.82, 2.24) is 14.7 Å². The Bertz CT molecular complexity index is 560. The number of aromatic nitrogens is 2. The number of nitrogens with zero attached hydrogens (tertiary/aromatic N) is 3. The van der Waals surface area contributed by atoms with Gasteiger partial charge < -0.3 is 9.64 Å². The van der Waals surface area contributed by atoms with Gasteiger partial charge in [0.1, 0.15) is 11.3 Å². The Labute approximate surface area is 137 Å². The molecule has 1 aliphatic heterocycles. The van der Waals surface area contributed by atoms with Crippen LogP contribution < -0.4 is 0 Å². The fraction of sp³-hybridized carbons (Fsp3) is 0.706. The fourth-order valence-electron chi connectivity index (χ4n) is 2.92. The predicted octanol–water partition coefficient (Wildman–Crippen LogP) is 3.17. The maximum atomic E-state index is 12.5. The molecule has 0 saturated carbocycles. The summed E-state index contributed by atoms with van der Waals surface area (Å²) in [6, 6.07) is 1.62. The van der Waals surface area contributed by atoms with Crippen LogP contribution in [0.25, 0.3) is 0 Å². The summed E-state index contributed by atoms with van der Waals surface area (Å²) in [4.78, 5) is 26.8. The van der Waals surface area contributed by atoms with Crippen molar-refractivity contribution in [2.75, 3.05) is 6.54 Å². The lowest BCUT2D eigenvalue weighted by atomic mass is 10.0. The van der Waals surface area contributed by atoms with Crippen LogP contribution in [-0.2, 0) is 11.8 Å². The van der Waals surface area contributed by atoms with E-state index in [0.29, 0.717) is 18.7 Å². The zero-order chi connectivity index (χ0) is 17.0. The van der Waals surface area contributed by atoms with E-state index in [2.05, 4.69) is 5.10 Å². The summed E-state index contributed by atoms with van der Waals surface area (Å²) in [7, 11) is 1.76. The van der Waals surface area contributed by atoms with E-state index in [1.165, 1.54) is 0 Å². The molecule has 1 aliphatic rings. The van der Waals surface area contributed by atoms with Gasteiger partial charge in [-0.15, -0.1) is 0 Å². The number of carbonyl (C=O) groups excluding carboxylic acids is 2. The molecular weight excluding hydrogens is 294 g/mol. The first-order chi connectivity index (χ1) is 10.8. The Morgan fingerprint density at radius 3 is 2.65 bits per heavy atom. The zero-order valence-electron chi connectivity index (χ0n) is 14.5. The highest BCUT2D eigenvalue weighted by Gasteiger charge is 2.31. The van der Waals surface area contributed by atoms with Crippen molar-refractivity contribution in [3.8, 4) is 0 Å². The molecule has 1 atom stereocenters. The Kier molecular flexibility index (Phi) is 5.44. The number of hydrogen-bond donors (Lipinski definition) is 0. The van der Waals surface area contributed by atoms with Gasteiger partial charge >= 0.3 is 6.09 Å². The van der Waals surface area contributed by atoms with E-state index >= 15 is 0 Å². The Balaban J connectivity index is 2.10. The van der Waals surface area contributed by atoms with Crippen molar-refractivity contribution < 1.29 is 14.3 Å². The highest BCUT2D eigenvalue weighted by atomic mass is 16.6. The minimum absolute atomic E-state index is 0.0189. The molecule has 2 rings (SSSR count). The van der Waals surface area contributed by atoms with Crippen LogP contribution in [-0.4, -0.2) is 44.7 Å². The van der Waals surface area contributed by atoms with Gasteiger partial charge in [0.2, 0.25) is 0 Å². The van der Waals surface area contributed by atoms with E-state index in [0.717, 1.165) is 25.7 Å². The van der Waals surface area contributed by atoms with Gasteiger partial charge in [-0.05, 0) is 39.7 Å². The molecule has 1 fully saturated rings. The van der Waals surface area contributed by atoms with E-state index in [9.17, 15) is 9.59 Å². The number of Topliss-reactive ketones (excluding diaryl/α,β-unsaturated/α-hetero) is 1. The molecule has 1 unspecified atom stereocenters. The summed E-state index contributed by atoms with van der Waals surface area (Å²) in [5.41, 5.74) is 0.0540. The normalized spacial score (nSPS) is 19.3. The lowest BCUT2D eigenvalue weighted by Gasteiger charge is -2.32. The van der Waals surface area contributed by atoms with Gasteiger partial charge in [0, 0.05) is 32.3 Å². The van der Waals surface area contributed by atoms with Gasteiger partial charge in [0.05, 0.1) is 0 Å². The lowest BCUT2D eigenvalue weighted by molar-refractivity contribution is 0.0162. The van der Waals surface area contributed by atoms with Crippen molar-refractivity contribution >= 4 is 11.9 Å². The molecule has 6 nitrogen and oxygen atoms in total. The Hall–Kier alpha value is -1.85. The largest absolute Gasteiger partial charge is 0.444 e. The van der Waals surface area contributed by atoms with Gasteiger partial charge in [-0.1, -0.05) is 12.8 Å². The fourth-order valence-corrected chi connectivity index (χ4v) is 2.92. The van der Waals surface area contributed by atoms with E-state index < -0.39 is 5.60 Å². The highest BCUT2D eigenvalue weighted by Crippen LogP contribution is 2.23. The summed E-state index contributed by atoms with van der Waals surface area (Å²) in [5.74, 6) is 0.0189. The topological polar surface area (TPSA) is 64.4 Å². The molecule has 0 bridgehead atoms. The number of ether oxygens (including phenoxy) is 1. The van der Waals surface area contributed by atoms with Crippen LogP contribution in [0.4, 0.5) is 4.79 Å². The number of ketones is 1. The number of amides is 1. The van der Waals surface area contributed by atoms with Gasteiger partial charge in [-0.25, -0.2) is 4.79 Å². The summed E-state index contributed by atoms with van der Waals surface area (Å²) in [6.45, 7) is 6.23. The third kappa shape index (κ3) is 4.81. The minimum Gasteiger partial charge on any atom is -0.444 e. The quantitative estimate of drug-likeness (QED) is 0.802. The number of aryl methyl sites for hydroxylation is 1. The molecule has 128 valence electrons. The molecule has 1 saturated heterocycles. The third-order valence-electron chi connectivity index (χ3n) is 4.03. The number of hydrogen-bond acceptors (Lipinski definition) is 4. The molecule has 0 N–H and O–H groups in total. The molecule has 2 heterocycles. The van der Waals surface area contributed by atoms with Gasteiger partial charge in [0.25, 0.3) is 0 Å². The second kappa shape index (κ2) is 7.15. The van der Waals surface area contributed by atoms with Crippen LogP contribution >= 0.6 is 0 Å². The SMILES string of the molecule is Cn1nccc1C(=O)CC1CCCCCN1C(=O)OC(C)(C)C. The average molecular weight is 321 g/mol. The molecule has 1 aromatic rings. The molecule has 1 amide bonds. The van der Waals surface area contributed by atoms with Crippen molar-refractivity contribution in [3.63, 3.8) is 0 Å². The number of likely N-dealkylation sites (tertiary alicyclic amines) is 1. The molecule has 0 aliphatic carbocycles. The van der Waals surface area contributed by atoms with Crippen LogP contribution in [0.15, 0.2) is 12.3 Å². The molecule has 6 heteroatoms. The van der Waals surface area contributed by atoms with Gasteiger partial charge in [-0.3, -0.25) is 9.48 Å². The molecule has 23 heavy (non-hydrogen) atoms. The first kappa shape index (κ1) is 17.5. The predicted molar refractivity (Wildman–Crippen MR) is 87.4 cm³/mol. The van der Waals surface area contributed by atoms with E-state index in [1.54, 1.807) is 28.9 Å². The second-order valence-electron chi connectivity index (χ2n) is 7.14. The Morgan fingerprint density at radius 1 is 1.30 bits per heavy atom. The van der Waals surface area contributed by atoms with Crippen molar-refractivity contribution in [3.05, 3.63) is 18.0 Å². The van der Waals surface area contributed by atoms with Crippen LogP contribution in [0, 0.1) is 0 Å². The molecular formula is C17H27N3O3. The lowest BCUT2D eigenvalue weighted by Crippen LogP contribution is -2.44. The minimum atomic E-state index is -0.528. The number of rotatable bonds is 3. The summed E-state index contributed by atoms with van der Waals surface area (Å²) in [5, 5.41) is 4.04. The van der Waals surface area contributed by atoms with Crippen LogP contribution in [0.3, 0.4) is 0 Å². The van der Waals surface area contributed by atoms with Crippen LogP contribution in [0.5, 0.6) is 0 Å². The number of carbonyl (C=O) groups is 2. The van der Waals surface area contributed by atoms with Crippen molar-refractivity contribution in [1.29, 1.82) is 0 Å². The van der Waals surface area contributed by atoms with Crippen molar-refractivity contribution in [2.45, 2.75) is 64.5 Å². The summed E-state index contributed by atoms with van der Waals surface area (Å²) < 4.78 is 7.10. The molecule has 0 spiro atoms. The standard InChI is InChI=1S/C17H27N3O3/c1-17(2,3)23-16(22)20-11-7-5-6-8-13(20)12-15(21)14-9-10-18-19(14)4/h9-10,13H,5-8,11-12H2,1-4H3. The summed E-state index contributed by atoms with van der Waals surface area (Å²) >= 11 is 0. The first-order valence-electron chi connectivity index (χ1n) is 8.29. The zero-order valence-corrected chi connectivity index (χ0v) is 14.5. The van der Waals surface area contributed by atoms with Crippen molar-refractivity contribution in [2.24, 2.45) is 7.05 Å². The first-order valence-corrected chi connectivity index (χ1v) is 8.29. The van der Waals surface area contributed by atoms with E-state index in [4.69, 9.17) is 4.74 Å². The maximum absolute atomic E-state index is 12.5. The Morgan fingerprint density at radius 2 is 2.04 bits per heavy atom. The van der Waals surface area contributed by atoms with E-state index in [-0.39, 0.29) is 17.9 Å². The molecule has 0 aromatic carbocycles.